The van der Waals surface area contributed by atoms with Gasteiger partial charge in [-0.1, -0.05) is 30.3 Å². The molecule has 3 aromatic rings. The summed E-state index contributed by atoms with van der Waals surface area (Å²) in [5.41, 5.74) is 9.33. The van der Waals surface area contributed by atoms with Crippen LogP contribution in [0.15, 0.2) is 46.9 Å². The third-order valence-electron chi connectivity index (χ3n) is 3.56. The first-order chi connectivity index (χ1) is 9.56. The summed E-state index contributed by atoms with van der Waals surface area (Å²) < 4.78 is 19.8. The third kappa shape index (κ3) is 2.10. The first-order valence-electron chi connectivity index (χ1n) is 6.57. The molecule has 0 bridgehead atoms. The number of furan rings is 1. The van der Waals surface area contributed by atoms with Crippen molar-refractivity contribution in [2.75, 3.05) is 0 Å². The van der Waals surface area contributed by atoms with Crippen LogP contribution in [0.1, 0.15) is 28.5 Å². The molecule has 1 aromatic heterocycles. The number of hydrogen-bond donors (Lipinski definition) is 1. The van der Waals surface area contributed by atoms with Gasteiger partial charge in [-0.3, -0.25) is 0 Å². The SMILES string of the molecule is Cc1ccc(C(N)c2cc3cccc(C)c3o2)c(F)c1. The second-order valence-corrected chi connectivity index (χ2v) is 5.14. The molecule has 2 N–H and O–H groups in total. The monoisotopic (exact) mass is 269 g/mol. The number of nitrogens with two attached hydrogens (primary N) is 1. The number of hydrogen-bond acceptors (Lipinski definition) is 2. The third-order valence-corrected chi connectivity index (χ3v) is 3.56. The van der Waals surface area contributed by atoms with E-state index in [-0.39, 0.29) is 5.82 Å². The standard InChI is InChI=1S/C17H16FNO/c1-10-6-7-13(14(18)8-10)16(19)15-9-12-5-3-4-11(2)17(12)20-15/h3-9,16H,19H2,1-2H3. The molecule has 3 heteroatoms. The highest BCUT2D eigenvalue weighted by Crippen LogP contribution is 2.29. The maximum Gasteiger partial charge on any atom is 0.137 e. The van der Waals surface area contributed by atoms with Crippen molar-refractivity contribution in [3.05, 3.63) is 70.7 Å². The Hall–Kier alpha value is -2.13. The second-order valence-electron chi connectivity index (χ2n) is 5.14. The summed E-state index contributed by atoms with van der Waals surface area (Å²) in [5, 5.41) is 0.989. The lowest BCUT2D eigenvalue weighted by molar-refractivity contribution is 0.509. The zero-order valence-corrected chi connectivity index (χ0v) is 11.5. The van der Waals surface area contributed by atoms with E-state index < -0.39 is 6.04 Å². The minimum absolute atomic E-state index is 0.297. The van der Waals surface area contributed by atoms with Crippen molar-refractivity contribution >= 4 is 11.0 Å². The van der Waals surface area contributed by atoms with E-state index in [2.05, 4.69) is 0 Å². The average Bonchev–Trinajstić information content (AvgIpc) is 2.83. The van der Waals surface area contributed by atoms with Gasteiger partial charge in [-0.15, -0.1) is 0 Å². The Morgan fingerprint density at radius 3 is 2.60 bits per heavy atom. The summed E-state index contributed by atoms with van der Waals surface area (Å²) in [4.78, 5) is 0. The van der Waals surface area contributed by atoms with Crippen molar-refractivity contribution in [3.63, 3.8) is 0 Å². The summed E-state index contributed by atoms with van der Waals surface area (Å²) in [6.07, 6.45) is 0. The summed E-state index contributed by atoms with van der Waals surface area (Å²) in [6, 6.07) is 12.3. The lowest BCUT2D eigenvalue weighted by Crippen LogP contribution is -2.12. The fourth-order valence-corrected chi connectivity index (χ4v) is 2.42. The molecule has 20 heavy (non-hydrogen) atoms. The van der Waals surface area contributed by atoms with Crippen molar-refractivity contribution in [1.29, 1.82) is 0 Å². The predicted octanol–water partition coefficient (Wildman–Crippen LogP) is 4.24. The maximum absolute atomic E-state index is 14.0. The molecule has 0 aliphatic carbocycles. The lowest BCUT2D eigenvalue weighted by atomic mass is 10.0. The van der Waals surface area contributed by atoms with E-state index in [1.165, 1.54) is 6.07 Å². The highest BCUT2D eigenvalue weighted by Gasteiger charge is 2.18. The van der Waals surface area contributed by atoms with Crippen molar-refractivity contribution < 1.29 is 8.81 Å². The highest BCUT2D eigenvalue weighted by atomic mass is 19.1. The second kappa shape index (κ2) is 4.76. The van der Waals surface area contributed by atoms with Gasteiger partial charge in [-0.2, -0.15) is 0 Å². The molecule has 0 spiro atoms. The topological polar surface area (TPSA) is 39.2 Å². The van der Waals surface area contributed by atoms with Gasteiger partial charge in [0.2, 0.25) is 0 Å². The van der Waals surface area contributed by atoms with Crippen molar-refractivity contribution in [2.45, 2.75) is 19.9 Å². The van der Waals surface area contributed by atoms with Crippen LogP contribution < -0.4 is 5.73 Å². The van der Waals surface area contributed by atoms with Crippen LogP contribution in [-0.4, -0.2) is 0 Å². The fraction of sp³-hybridized carbons (Fsp3) is 0.176. The minimum atomic E-state index is -0.595. The Morgan fingerprint density at radius 2 is 1.90 bits per heavy atom. The largest absolute Gasteiger partial charge is 0.459 e. The zero-order chi connectivity index (χ0) is 14.3. The van der Waals surface area contributed by atoms with Crippen LogP contribution in [0.25, 0.3) is 11.0 Å². The summed E-state index contributed by atoms with van der Waals surface area (Å²) in [6.45, 7) is 3.83. The van der Waals surface area contributed by atoms with Gasteiger partial charge in [0.25, 0.3) is 0 Å². The number of rotatable bonds is 2. The number of fused-ring (bicyclic) bond motifs is 1. The van der Waals surface area contributed by atoms with Crippen LogP contribution in [0.3, 0.4) is 0 Å². The molecule has 0 radical (unpaired) electrons. The minimum Gasteiger partial charge on any atom is -0.459 e. The normalized spacial score (nSPS) is 12.8. The van der Waals surface area contributed by atoms with E-state index in [4.69, 9.17) is 10.2 Å². The molecule has 0 aliphatic rings. The molecule has 1 heterocycles. The van der Waals surface area contributed by atoms with E-state index in [1.807, 2.05) is 44.2 Å². The number of halogens is 1. The summed E-state index contributed by atoms with van der Waals surface area (Å²) in [5.74, 6) is 0.284. The summed E-state index contributed by atoms with van der Waals surface area (Å²) >= 11 is 0. The molecule has 2 nitrogen and oxygen atoms in total. The quantitative estimate of drug-likeness (QED) is 0.756. The molecule has 1 atom stereocenters. The van der Waals surface area contributed by atoms with E-state index in [0.29, 0.717) is 11.3 Å². The summed E-state index contributed by atoms with van der Waals surface area (Å²) in [7, 11) is 0. The zero-order valence-electron chi connectivity index (χ0n) is 11.5. The molecule has 0 fully saturated rings. The van der Waals surface area contributed by atoms with Gasteiger partial charge in [0.05, 0.1) is 6.04 Å². The maximum atomic E-state index is 14.0. The average molecular weight is 269 g/mol. The smallest absolute Gasteiger partial charge is 0.137 e. The van der Waals surface area contributed by atoms with Gasteiger partial charge in [0.1, 0.15) is 17.2 Å². The van der Waals surface area contributed by atoms with Crippen LogP contribution >= 0.6 is 0 Å². The molecule has 0 saturated carbocycles. The number of aryl methyl sites for hydroxylation is 2. The van der Waals surface area contributed by atoms with E-state index in [1.54, 1.807) is 6.07 Å². The molecule has 3 rings (SSSR count). The van der Waals surface area contributed by atoms with Gasteiger partial charge >= 0.3 is 0 Å². The van der Waals surface area contributed by atoms with Crippen LogP contribution in [-0.2, 0) is 0 Å². The molecular formula is C17H16FNO. The molecule has 1 unspecified atom stereocenters. The Morgan fingerprint density at radius 1 is 1.10 bits per heavy atom. The molecule has 2 aromatic carbocycles. The van der Waals surface area contributed by atoms with Crippen LogP contribution in [0.4, 0.5) is 4.39 Å². The molecular weight excluding hydrogens is 253 g/mol. The van der Waals surface area contributed by atoms with E-state index >= 15 is 0 Å². The van der Waals surface area contributed by atoms with Gasteiger partial charge in [0, 0.05) is 10.9 Å². The highest BCUT2D eigenvalue weighted by molar-refractivity contribution is 5.81. The van der Waals surface area contributed by atoms with Gasteiger partial charge < -0.3 is 10.2 Å². The van der Waals surface area contributed by atoms with Crippen LogP contribution in [0, 0.1) is 19.7 Å². The Balaban J connectivity index is 2.08. The van der Waals surface area contributed by atoms with Gasteiger partial charge in [-0.05, 0) is 37.1 Å². The van der Waals surface area contributed by atoms with E-state index in [0.717, 1.165) is 22.1 Å². The van der Waals surface area contributed by atoms with Crippen molar-refractivity contribution in [3.8, 4) is 0 Å². The fourth-order valence-electron chi connectivity index (χ4n) is 2.42. The predicted molar refractivity (Wildman–Crippen MR) is 78.1 cm³/mol. The van der Waals surface area contributed by atoms with Crippen molar-refractivity contribution in [2.24, 2.45) is 5.73 Å². The van der Waals surface area contributed by atoms with Gasteiger partial charge in [-0.25, -0.2) is 4.39 Å². The molecule has 0 aliphatic heterocycles. The van der Waals surface area contributed by atoms with Crippen molar-refractivity contribution in [1.82, 2.24) is 0 Å². The molecule has 0 saturated heterocycles. The van der Waals surface area contributed by atoms with Crippen LogP contribution in [0.5, 0.6) is 0 Å². The number of para-hydroxylation sites is 1. The molecule has 0 amide bonds. The van der Waals surface area contributed by atoms with Crippen LogP contribution in [0.2, 0.25) is 0 Å². The van der Waals surface area contributed by atoms with Gasteiger partial charge in [0.15, 0.2) is 0 Å². The Labute approximate surface area is 117 Å². The van der Waals surface area contributed by atoms with E-state index in [9.17, 15) is 4.39 Å². The lowest BCUT2D eigenvalue weighted by Gasteiger charge is -2.10. The Kier molecular flexibility index (Phi) is 3.07. The first-order valence-corrected chi connectivity index (χ1v) is 6.57. The Bertz CT molecular complexity index is 776. The number of benzene rings is 2. The first kappa shape index (κ1) is 12.9. The molecule has 102 valence electrons.